The van der Waals surface area contributed by atoms with Crippen molar-refractivity contribution in [1.29, 1.82) is 0 Å². The minimum Gasteiger partial charge on any atom is -0.497 e. The number of hydrogen-bond donors (Lipinski definition) is 1. The lowest BCUT2D eigenvalue weighted by atomic mass is 9.90. The molecule has 8 heteroatoms. The lowest BCUT2D eigenvalue weighted by Crippen LogP contribution is -2.25. The zero-order valence-corrected chi connectivity index (χ0v) is 20.6. The molecule has 0 saturated carbocycles. The van der Waals surface area contributed by atoms with Gasteiger partial charge in [0, 0.05) is 36.1 Å². The fourth-order valence-electron chi connectivity index (χ4n) is 4.80. The second-order valence-electron chi connectivity index (χ2n) is 8.82. The summed E-state index contributed by atoms with van der Waals surface area (Å²) < 4.78 is 22.8. The van der Waals surface area contributed by atoms with Crippen LogP contribution in [0.2, 0.25) is 0 Å². The summed E-state index contributed by atoms with van der Waals surface area (Å²) in [6, 6.07) is 9.94. The average Bonchev–Trinajstić information content (AvgIpc) is 3.41. The van der Waals surface area contributed by atoms with Crippen LogP contribution in [0.25, 0.3) is 11.3 Å². The Morgan fingerprint density at radius 3 is 2.49 bits per heavy atom. The molecule has 35 heavy (non-hydrogen) atoms. The van der Waals surface area contributed by atoms with Crippen molar-refractivity contribution >= 4 is 11.6 Å². The molecule has 0 radical (unpaired) electrons. The number of ether oxygens (including phenoxy) is 4. The van der Waals surface area contributed by atoms with Crippen LogP contribution in [0.4, 0.5) is 11.6 Å². The molecule has 1 aliphatic carbocycles. The van der Waals surface area contributed by atoms with E-state index in [1.807, 2.05) is 30.5 Å². The van der Waals surface area contributed by atoms with E-state index in [9.17, 15) is 0 Å². The van der Waals surface area contributed by atoms with Gasteiger partial charge in [0.15, 0.2) is 11.5 Å². The van der Waals surface area contributed by atoms with E-state index in [2.05, 4.69) is 21.3 Å². The number of nitrogens with one attached hydrogen (secondary N) is 1. The summed E-state index contributed by atoms with van der Waals surface area (Å²) in [6.45, 7) is 3.74. The molecule has 0 unspecified atom stereocenters. The molecule has 1 saturated heterocycles. The fourth-order valence-corrected chi connectivity index (χ4v) is 4.80. The number of nitrogens with zero attached hydrogens (tertiary/aromatic N) is 3. The highest BCUT2D eigenvalue weighted by Crippen LogP contribution is 2.41. The van der Waals surface area contributed by atoms with Crippen molar-refractivity contribution in [2.24, 2.45) is 0 Å². The van der Waals surface area contributed by atoms with Gasteiger partial charge in [-0.15, -0.1) is 0 Å². The predicted octanol–water partition coefficient (Wildman–Crippen LogP) is 4.49. The lowest BCUT2D eigenvalue weighted by Gasteiger charge is -2.20. The molecule has 3 aromatic rings. The van der Waals surface area contributed by atoms with Crippen molar-refractivity contribution in [3.63, 3.8) is 0 Å². The maximum Gasteiger partial charge on any atom is 0.227 e. The number of benzene rings is 2. The minimum absolute atomic E-state index is 0.509. The van der Waals surface area contributed by atoms with Gasteiger partial charge in [-0.3, -0.25) is 4.90 Å². The molecular weight excluding hydrogens is 444 g/mol. The van der Waals surface area contributed by atoms with Crippen LogP contribution in [0, 0.1) is 0 Å². The first-order valence-electron chi connectivity index (χ1n) is 12.1. The first kappa shape index (κ1) is 23.2. The summed E-state index contributed by atoms with van der Waals surface area (Å²) in [5.74, 6) is 3.12. The van der Waals surface area contributed by atoms with Crippen LogP contribution in [-0.2, 0) is 12.8 Å². The number of aromatic nitrogens is 2. The molecule has 8 nitrogen and oxygen atoms in total. The van der Waals surface area contributed by atoms with Gasteiger partial charge < -0.3 is 24.3 Å². The van der Waals surface area contributed by atoms with Gasteiger partial charge in [0.25, 0.3) is 0 Å². The number of methoxy groups -OCH3 is 3. The number of anilines is 2. The fraction of sp³-hybridized carbons (Fsp3) is 0.407. The third kappa shape index (κ3) is 4.98. The molecule has 2 heterocycles. The van der Waals surface area contributed by atoms with E-state index in [4.69, 9.17) is 23.9 Å². The highest BCUT2D eigenvalue weighted by atomic mass is 16.5. The molecule has 1 aromatic heterocycles. The van der Waals surface area contributed by atoms with Gasteiger partial charge in [0.1, 0.15) is 12.4 Å². The van der Waals surface area contributed by atoms with Crippen LogP contribution in [-0.4, -0.2) is 62.4 Å². The SMILES string of the molecule is COc1ccc2c(c1)-c1nc(Nc3cc(OC)c(OC)c(OCCN4CCCC4)c3)ncc1CC2. The van der Waals surface area contributed by atoms with Gasteiger partial charge in [0.2, 0.25) is 11.7 Å². The lowest BCUT2D eigenvalue weighted by molar-refractivity contribution is 0.228. The van der Waals surface area contributed by atoms with E-state index in [0.29, 0.717) is 29.8 Å². The Hall–Kier alpha value is -3.52. The molecule has 184 valence electrons. The van der Waals surface area contributed by atoms with E-state index < -0.39 is 0 Å². The van der Waals surface area contributed by atoms with Crippen LogP contribution in [0.15, 0.2) is 36.5 Å². The molecule has 0 bridgehead atoms. The molecule has 0 amide bonds. The van der Waals surface area contributed by atoms with Gasteiger partial charge in [-0.2, -0.15) is 0 Å². The Kier molecular flexibility index (Phi) is 6.90. The van der Waals surface area contributed by atoms with Crippen LogP contribution in [0.5, 0.6) is 23.0 Å². The van der Waals surface area contributed by atoms with Gasteiger partial charge >= 0.3 is 0 Å². The van der Waals surface area contributed by atoms with Gasteiger partial charge in [0.05, 0.1) is 27.0 Å². The maximum atomic E-state index is 6.13. The van der Waals surface area contributed by atoms with Crippen molar-refractivity contribution in [3.8, 4) is 34.3 Å². The third-order valence-corrected chi connectivity index (χ3v) is 6.67. The van der Waals surface area contributed by atoms with Crippen LogP contribution in [0.1, 0.15) is 24.0 Å². The molecule has 1 fully saturated rings. The summed E-state index contributed by atoms with van der Waals surface area (Å²) in [5.41, 5.74) is 5.19. The zero-order valence-electron chi connectivity index (χ0n) is 20.6. The largest absolute Gasteiger partial charge is 0.497 e. The highest BCUT2D eigenvalue weighted by Gasteiger charge is 2.20. The molecule has 2 aromatic carbocycles. The second kappa shape index (κ2) is 10.4. The molecule has 5 rings (SSSR count). The minimum atomic E-state index is 0.509. The Morgan fingerprint density at radius 1 is 0.914 bits per heavy atom. The molecule has 1 aliphatic heterocycles. The van der Waals surface area contributed by atoms with Crippen molar-refractivity contribution in [2.45, 2.75) is 25.7 Å². The molecule has 0 spiro atoms. The number of aryl methyl sites for hydroxylation is 2. The highest BCUT2D eigenvalue weighted by molar-refractivity contribution is 5.73. The molecule has 2 aliphatic rings. The Labute approximate surface area is 206 Å². The molecule has 1 N–H and O–H groups in total. The van der Waals surface area contributed by atoms with E-state index in [0.717, 1.165) is 60.7 Å². The Balaban J connectivity index is 1.40. The van der Waals surface area contributed by atoms with Crippen LogP contribution in [0.3, 0.4) is 0 Å². The summed E-state index contributed by atoms with van der Waals surface area (Å²) >= 11 is 0. The van der Waals surface area contributed by atoms with E-state index in [1.165, 1.54) is 18.4 Å². The summed E-state index contributed by atoms with van der Waals surface area (Å²) in [7, 11) is 4.92. The predicted molar refractivity (Wildman–Crippen MR) is 135 cm³/mol. The quantitative estimate of drug-likeness (QED) is 0.484. The van der Waals surface area contributed by atoms with Gasteiger partial charge in [-0.1, -0.05) is 6.07 Å². The second-order valence-corrected chi connectivity index (χ2v) is 8.82. The van der Waals surface area contributed by atoms with Gasteiger partial charge in [-0.25, -0.2) is 9.97 Å². The van der Waals surface area contributed by atoms with Crippen molar-refractivity contribution in [3.05, 3.63) is 47.7 Å². The van der Waals surface area contributed by atoms with Crippen molar-refractivity contribution in [1.82, 2.24) is 14.9 Å². The van der Waals surface area contributed by atoms with Crippen molar-refractivity contribution in [2.75, 3.05) is 52.9 Å². The Bertz CT molecular complexity index is 1190. The standard InChI is InChI=1S/C27H32N4O4/c1-32-21-9-8-18-6-7-19-17-28-27(30-25(19)22(18)16-21)29-20-14-23(33-2)26(34-3)24(15-20)35-13-12-31-10-4-5-11-31/h8-9,14-17H,4-7,10-13H2,1-3H3,(H,28,29,30). The van der Waals surface area contributed by atoms with E-state index >= 15 is 0 Å². The monoisotopic (exact) mass is 476 g/mol. The molecular formula is C27H32N4O4. The normalized spacial score (nSPS) is 14.7. The van der Waals surface area contributed by atoms with Crippen LogP contribution < -0.4 is 24.3 Å². The smallest absolute Gasteiger partial charge is 0.227 e. The third-order valence-electron chi connectivity index (χ3n) is 6.67. The number of rotatable bonds is 9. The Morgan fingerprint density at radius 2 is 1.71 bits per heavy atom. The first-order chi connectivity index (χ1) is 17.2. The topological polar surface area (TPSA) is 78.0 Å². The van der Waals surface area contributed by atoms with Crippen LogP contribution >= 0.6 is 0 Å². The summed E-state index contributed by atoms with van der Waals surface area (Å²) in [6.07, 6.45) is 6.31. The van der Waals surface area contributed by atoms with Crippen molar-refractivity contribution < 1.29 is 18.9 Å². The maximum absolute atomic E-state index is 6.13. The number of fused-ring (bicyclic) bond motifs is 3. The van der Waals surface area contributed by atoms with E-state index in [-0.39, 0.29) is 0 Å². The van der Waals surface area contributed by atoms with E-state index in [1.54, 1.807) is 21.3 Å². The zero-order chi connectivity index (χ0) is 24.2. The molecule has 0 atom stereocenters. The summed E-state index contributed by atoms with van der Waals surface area (Å²) in [4.78, 5) is 11.9. The average molecular weight is 477 g/mol. The summed E-state index contributed by atoms with van der Waals surface area (Å²) in [5, 5.41) is 3.33. The number of likely N-dealkylation sites (tertiary alicyclic amines) is 1. The first-order valence-corrected chi connectivity index (χ1v) is 12.1. The number of hydrogen-bond acceptors (Lipinski definition) is 8. The van der Waals surface area contributed by atoms with Gasteiger partial charge in [-0.05, 0) is 62.0 Å².